The van der Waals surface area contributed by atoms with E-state index < -0.39 is 6.04 Å². The van der Waals surface area contributed by atoms with Gasteiger partial charge >= 0.3 is 0 Å². The SMILES string of the molecule is CC(C)Oc1c(Cl)cc(C2N=C(NC#N)Nc3nc(N)c(C#N)c(N)c32)cc1Cl. The van der Waals surface area contributed by atoms with Crippen molar-refractivity contribution in [3.05, 3.63) is 38.9 Å². The third kappa shape index (κ3) is 3.79. The largest absolute Gasteiger partial charge is 0.488 e. The van der Waals surface area contributed by atoms with E-state index in [1.807, 2.05) is 19.9 Å². The van der Waals surface area contributed by atoms with E-state index >= 15 is 0 Å². The summed E-state index contributed by atoms with van der Waals surface area (Å²) < 4.78 is 5.66. The second-order valence-corrected chi connectivity index (χ2v) is 7.20. The van der Waals surface area contributed by atoms with E-state index in [0.29, 0.717) is 16.9 Å². The van der Waals surface area contributed by atoms with Gasteiger partial charge in [-0.05, 0) is 31.5 Å². The van der Waals surface area contributed by atoms with Gasteiger partial charge in [0.05, 0.1) is 21.8 Å². The summed E-state index contributed by atoms with van der Waals surface area (Å²) >= 11 is 12.8. The first-order chi connectivity index (χ1) is 13.8. The van der Waals surface area contributed by atoms with Crippen LogP contribution in [0.2, 0.25) is 10.0 Å². The molecule has 1 aromatic carbocycles. The van der Waals surface area contributed by atoms with Gasteiger partial charge in [0.25, 0.3) is 0 Å². The molecular weight excluding hydrogens is 415 g/mol. The average molecular weight is 431 g/mol. The second-order valence-electron chi connectivity index (χ2n) is 6.38. The van der Waals surface area contributed by atoms with Gasteiger partial charge in [-0.1, -0.05) is 23.2 Å². The molecule has 6 N–H and O–H groups in total. The number of pyridine rings is 1. The zero-order chi connectivity index (χ0) is 21.3. The highest BCUT2D eigenvalue weighted by molar-refractivity contribution is 6.37. The van der Waals surface area contributed by atoms with Crippen LogP contribution in [0.1, 0.15) is 36.6 Å². The Morgan fingerprint density at radius 2 is 1.90 bits per heavy atom. The topological polar surface area (TPSA) is 158 Å². The molecule has 2 aromatic rings. The number of anilines is 3. The summed E-state index contributed by atoms with van der Waals surface area (Å²) in [4.78, 5) is 8.66. The Morgan fingerprint density at radius 3 is 2.45 bits per heavy atom. The number of nitrogen functional groups attached to an aromatic ring is 2. The lowest BCUT2D eigenvalue weighted by atomic mass is 9.95. The van der Waals surface area contributed by atoms with Gasteiger partial charge in [0, 0.05) is 5.56 Å². The van der Waals surface area contributed by atoms with Gasteiger partial charge in [-0.25, -0.2) is 9.98 Å². The summed E-state index contributed by atoms with van der Waals surface area (Å²) in [5, 5.41) is 24.2. The molecule has 0 radical (unpaired) electrons. The fraction of sp³-hybridized carbons (Fsp3) is 0.222. The van der Waals surface area contributed by atoms with E-state index in [2.05, 4.69) is 20.6 Å². The smallest absolute Gasteiger partial charge is 0.211 e. The molecule has 0 bridgehead atoms. The predicted molar refractivity (Wildman–Crippen MR) is 112 cm³/mol. The molecule has 0 amide bonds. The van der Waals surface area contributed by atoms with Crippen LogP contribution in [0.15, 0.2) is 17.1 Å². The van der Waals surface area contributed by atoms with E-state index in [1.165, 1.54) is 0 Å². The normalized spacial score (nSPS) is 14.9. The molecule has 1 atom stereocenters. The van der Waals surface area contributed by atoms with Crippen molar-refractivity contribution in [3.8, 4) is 18.0 Å². The maximum atomic E-state index is 9.38. The van der Waals surface area contributed by atoms with Crippen LogP contribution in [0.25, 0.3) is 0 Å². The van der Waals surface area contributed by atoms with Gasteiger partial charge in [0.1, 0.15) is 29.3 Å². The predicted octanol–water partition coefficient (Wildman–Crippen LogP) is 3.15. The molecular formula is C18H16Cl2N8O. The van der Waals surface area contributed by atoms with E-state index in [-0.39, 0.29) is 45.0 Å². The number of halogens is 2. The molecule has 0 saturated heterocycles. The van der Waals surface area contributed by atoms with Crippen LogP contribution in [0.4, 0.5) is 17.3 Å². The van der Waals surface area contributed by atoms with Crippen LogP contribution in [0.3, 0.4) is 0 Å². The minimum absolute atomic E-state index is 0.0371. The van der Waals surface area contributed by atoms with Crippen molar-refractivity contribution in [3.63, 3.8) is 0 Å². The van der Waals surface area contributed by atoms with Crippen molar-refractivity contribution in [1.82, 2.24) is 10.3 Å². The highest BCUT2D eigenvalue weighted by Crippen LogP contribution is 2.44. The maximum Gasteiger partial charge on any atom is 0.211 e. The van der Waals surface area contributed by atoms with Gasteiger partial charge in [-0.15, -0.1) is 0 Å². The monoisotopic (exact) mass is 430 g/mol. The Balaban J connectivity index is 2.22. The van der Waals surface area contributed by atoms with Crippen LogP contribution >= 0.6 is 23.2 Å². The summed E-state index contributed by atoms with van der Waals surface area (Å²) in [6, 6.07) is 4.48. The molecule has 1 aromatic heterocycles. The Kier molecular flexibility index (Phi) is 5.55. The highest BCUT2D eigenvalue weighted by atomic mass is 35.5. The molecule has 0 saturated carbocycles. The quantitative estimate of drug-likeness (QED) is 0.426. The van der Waals surface area contributed by atoms with Crippen molar-refractivity contribution >= 4 is 46.5 Å². The van der Waals surface area contributed by atoms with Crippen LogP contribution in [-0.4, -0.2) is 17.0 Å². The molecule has 1 aliphatic heterocycles. The molecule has 29 heavy (non-hydrogen) atoms. The summed E-state index contributed by atoms with van der Waals surface area (Å²) in [7, 11) is 0. The fourth-order valence-electron chi connectivity index (χ4n) is 2.91. The summed E-state index contributed by atoms with van der Waals surface area (Å²) in [6.07, 6.45) is 1.66. The van der Waals surface area contributed by atoms with Crippen molar-refractivity contribution < 1.29 is 4.74 Å². The summed E-state index contributed by atoms with van der Waals surface area (Å²) in [5.74, 6) is 0.717. The van der Waals surface area contributed by atoms with Crippen molar-refractivity contribution in [2.45, 2.75) is 26.0 Å². The number of nitrogens with two attached hydrogens (primary N) is 2. The minimum Gasteiger partial charge on any atom is -0.488 e. The number of nitriles is 2. The number of rotatable bonds is 3. The van der Waals surface area contributed by atoms with Gasteiger partial charge < -0.3 is 21.5 Å². The average Bonchev–Trinajstić information content (AvgIpc) is 2.64. The lowest BCUT2D eigenvalue weighted by molar-refractivity contribution is 0.242. The number of aromatic nitrogens is 1. The first-order valence-electron chi connectivity index (χ1n) is 8.41. The third-order valence-corrected chi connectivity index (χ3v) is 4.61. The lowest BCUT2D eigenvalue weighted by Gasteiger charge is -2.26. The zero-order valence-corrected chi connectivity index (χ0v) is 16.9. The van der Waals surface area contributed by atoms with Crippen molar-refractivity contribution in [2.24, 2.45) is 4.99 Å². The molecule has 3 rings (SSSR count). The number of nitrogens with zero attached hydrogens (tertiary/aromatic N) is 4. The third-order valence-electron chi connectivity index (χ3n) is 4.05. The number of fused-ring (bicyclic) bond motifs is 1. The highest BCUT2D eigenvalue weighted by Gasteiger charge is 2.30. The molecule has 9 nitrogen and oxygen atoms in total. The Labute approximate surface area is 176 Å². The van der Waals surface area contributed by atoms with E-state index in [9.17, 15) is 5.26 Å². The Bertz CT molecular complexity index is 1080. The number of ether oxygens (including phenoxy) is 1. The number of benzene rings is 1. The molecule has 2 heterocycles. The van der Waals surface area contributed by atoms with E-state index in [4.69, 9.17) is 44.7 Å². The summed E-state index contributed by atoms with van der Waals surface area (Å²) in [5.41, 5.74) is 13.2. The number of guanidine groups is 1. The number of hydrogen-bond donors (Lipinski definition) is 4. The Morgan fingerprint density at radius 1 is 1.24 bits per heavy atom. The molecule has 0 fully saturated rings. The van der Waals surface area contributed by atoms with E-state index in [0.717, 1.165) is 0 Å². The first kappa shape index (κ1) is 20.3. The number of nitrogens with one attached hydrogen (secondary N) is 2. The fourth-order valence-corrected chi connectivity index (χ4v) is 3.50. The molecule has 148 valence electrons. The maximum absolute atomic E-state index is 9.38. The van der Waals surface area contributed by atoms with Gasteiger partial charge in [-0.3, -0.25) is 5.32 Å². The minimum atomic E-state index is -0.745. The van der Waals surface area contributed by atoms with Crippen LogP contribution < -0.4 is 26.8 Å². The first-order valence-corrected chi connectivity index (χ1v) is 9.16. The molecule has 0 aliphatic carbocycles. The van der Waals surface area contributed by atoms with Crippen LogP contribution in [-0.2, 0) is 0 Å². The molecule has 1 unspecified atom stereocenters. The second kappa shape index (κ2) is 7.92. The van der Waals surface area contributed by atoms with Gasteiger partial charge in [-0.2, -0.15) is 10.5 Å². The summed E-state index contributed by atoms with van der Waals surface area (Å²) in [6.45, 7) is 3.71. The number of aliphatic imine (C=N–C) groups is 1. The standard InChI is InChI=1S/C18H16Cl2N8O/c1-7(2)29-15-10(19)3-8(4-11(15)20)14-12-13(23)9(5-21)16(24)27-17(12)28-18(26-14)25-6-22/h3-4,7,14H,1-2H3,(H6,23,24,25,26,27,28). The molecule has 11 heteroatoms. The van der Waals surface area contributed by atoms with Crippen LogP contribution in [0, 0.1) is 22.8 Å². The van der Waals surface area contributed by atoms with Crippen molar-refractivity contribution in [1.29, 1.82) is 10.5 Å². The number of hydrogen-bond acceptors (Lipinski definition) is 9. The molecule has 0 spiro atoms. The van der Waals surface area contributed by atoms with Gasteiger partial charge in [0.15, 0.2) is 11.9 Å². The lowest BCUT2D eigenvalue weighted by Crippen LogP contribution is -2.32. The Hall–Kier alpha value is -3.40. The van der Waals surface area contributed by atoms with Crippen molar-refractivity contribution in [2.75, 3.05) is 16.8 Å². The van der Waals surface area contributed by atoms with Gasteiger partial charge in [0.2, 0.25) is 5.96 Å². The zero-order valence-electron chi connectivity index (χ0n) is 15.4. The van der Waals surface area contributed by atoms with E-state index in [1.54, 1.807) is 18.3 Å². The van der Waals surface area contributed by atoms with Crippen LogP contribution in [0.5, 0.6) is 5.75 Å². The molecule has 1 aliphatic rings.